The molecule has 6 aliphatic rings. The smallest absolute Gasteiger partial charge is 0.302 e. The molecule has 6 fully saturated rings. The van der Waals surface area contributed by atoms with Crippen LogP contribution in [-0.2, 0) is 19.0 Å². The van der Waals surface area contributed by atoms with E-state index in [9.17, 15) is 9.90 Å². The predicted octanol–water partition coefficient (Wildman–Crippen LogP) is 2.48. The van der Waals surface area contributed by atoms with Gasteiger partial charge in [0.25, 0.3) is 0 Å². The Morgan fingerprint density at radius 3 is 2.61 bits per heavy atom. The molecule has 0 aromatic rings. The molecule has 0 aromatic heterocycles. The highest BCUT2D eigenvalue weighted by molar-refractivity contribution is 5.66. The van der Waals surface area contributed by atoms with Gasteiger partial charge in [0.1, 0.15) is 6.10 Å². The van der Waals surface area contributed by atoms with Gasteiger partial charge in [-0.05, 0) is 49.5 Å². The van der Waals surface area contributed by atoms with Gasteiger partial charge in [-0.2, -0.15) is 0 Å². The largest absolute Gasteiger partial charge is 0.462 e. The summed E-state index contributed by atoms with van der Waals surface area (Å²) in [6.07, 6.45) is 4.91. The number of ether oxygens (including phenoxy) is 3. The van der Waals surface area contributed by atoms with Gasteiger partial charge in [0.05, 0.1) is 17.8 Å². The summed E-state index contributed by atoms with van der Waals surface area (Å²) in [5.41, 5.74) is -0.545. The lowest BCUT2D eigenvalue weighted by Gasteiger charge is -2.69. The normalized spacial score (nSPS) is 59.0. The molecule has 1 saturated heterocycles. The van der Waals surface area contributed by atoms with Gasteiger partial charge < -0.3 is 19.3 Å². The standard InChI is InChI=1S/C25H39NO5/c1-6-26-12-23(3)8-7-19(30-5)25-15-9-14-17(29-4)11-24(28,16(22(25)26)10-18(23)25)20(15)21(14)31-13(2)27/h14-22,28H,6-12H2,1-5H3/t14-,15-,16+,17+,18-,19+,20-,21+,22?,23+,24+,25-/m1/s1. The lowest BCUT2D eigenvalue weighted by atomic mass is 9.43. The van der Waals surface area contributed by atoms with Crippen molar-refractivity contribution in [3.05, 3.63) is 0 Å². The molecule has 0 aromatic carbocycles. The highest BCUT2D eigenvalue weighted by Gasteiger charge is 2.83. The van der Waals surface area contributed by atoms with Crippen molar-refractivity contribution in [3.8, 4) is 0 Å². The van der Waals surface area contributed by atoms with Crippen molar-refractivity contribution in [2.45, 2.75) is 82.8 Å². The second-order valence-electron chi connectivity index (χ2n) is 11.9. The molecular formula is C25H39NO5. The van der Waals surface area contributed by atoms with Crippen LogP contribution in [0.3, 0.4) is 0 Å². The Bertz CT molecular complexity index is 790. The van der Waals surface area contributed by atoms with E-state index in [-0.39, 0.29) is 52.9 Å². The Hall–Kier alpha value is -0.690. The van der Waals surface area contributed by atoms with Crippen LogP contribution >= 0.6 is 0 Å². The molecule has 1 aliphatic heterocycles. The van der Waals surface area contributed by atoms with Gasteiger partial charge >= 0.3 is 5.97 Å². The fourth-order valence-corrected chi connectivity index (χ4v) is 10.7. The van der Waals surface area contributed by atoms with Crippen molar-refractivity contribution < 1.29 is 24.1 Å². The number of piperidine rings is 1. The molecule has 0 amide bonds. The van der Waals surface area contributed by atoms with Crippen molar-refractivity contribution in [1.29, 1.82) is 0 Å². The fourth-order valence-electron chi connectivity index (χ4n) is 10.7. The van der Waals surface area contributed by atoms with E-state index in [0.29, 0.717) is 24.3 Å². The lowest BCUT2D eigenvalue weighted by molar-refractivity contribution is -0.271. The van der Waals surface area contributed by atoms with Gasteiger partial charge in [-0.3, -0.25) is 9.69 Å². The highest BCUT2D eigenvalue weighted by atomic mass is 16.5. The minimum absolute atomic E-state index is 0.00384. The number of carbonyl (C=O) groups is 1. The molecule has 12 atom stereocenters. The molecule has 5 saturated carbocycles. The maximum absolute atomic E-state index is 12.5. The Kier molecular flexibility index (Phi) is 4.35. The van der Waals surface area contributed by atoms with Crippen LogP contribution in [-0.4, -0.2) is 73.2 Å². The molecule has 174 valence electrons. The van der Waals surface area contributed by atoms with Gasteiger partial charge in [-0.25, -0.2) is 0 Å². The van der Waals surface area contributed by atoms with Gasteiger partial charge in [-0.1, -0.05) is 13.8 Å². The number of likely N-dealkylation sites (tertiary alicyclic amines) is 1. The second kappa shape index (κ2) is 6.46. The average Bonchev–Trinajstić information content (AvgIpc) is 3.17. The zero-order valence-electron chi connectivity index (χ0n) is 19.7. The second-order valence-corrected chi connectivity index (χ2v) is 11.9. The first-order chi connectivity index (χ1) is 14.8. The van der Waals surface area contributed by atoms with Crippen LogP contribution in [0.5, 0.6) is 0 Å². The Morgan fingerprint density at radius 2 is 1.97 bits per heavy atom. The maximum atomic E-state index is 12.5. The third kappa shape index (κ3) is 2.22. The van der Waals surface area contributed by atoms with Crippen molar-refractivity contribution in [2.24, 2.45) is 40.4 Å². The minimum atomic E-state index is -0.845. The molecule has 5 aliphatic carbocycles. The van der Waals surface area contributed by atoms with Gasteiger partial charge in [0.2, 0.25) is 0 Å². The van der Waals surface area contributed by atoms with E-state index < -0.39 is 5.60 Å². The summed E-state index contributed by atoms with van der Waals surface area (Å²) < 4.78 is 18.3. The van der Waals surface area contributed by atoms with Crippen molar-refractivity contribution >= 4 is 5.97 Å². The molecule has 1 heterocycles. The molecule has 1 spiro atoms. The molecule has 1 unspecified atom stereocenters. The topological polar surface area (TPSA) is 68.2 Å². The summed E-state index contributed by atoms with van der Waals surface area (Å²) in [6.45, 7) is 8.43. The Balaban J connectivity index is 1.57. The third-order valence-electron chi connectivity index (χ3n) is 11.2. The molecule has 0 radical (unpaired) electrons. The fraction of sp³-hybridized carbons (Fsp3) is 0.960. The predicted molar refractivity (Wildman–Crippen MR) is 114 cm³/mol. The molecule has 6 nitrogen and oxygen atoms in total. The SMILES string of the molecule is CCN1C[C@]2(C)CC[C@H](OC)[C@]34C1[C@H](C[C@H]23)[C@@]1(O)C[C@H](OC)[C@H]2C[C@@H]4[C@@H]1[C@H]2OC(C)=O. The zero-order valence-corrected chi connectivity index (χ0v) is 19.7. The summed E-state index contributed by atoms with van der Waals surface area (Å²) in [7, 11) is 3.65. The van der Waals surface area contributed by atoms with E-state index in [4.69, 9.17) is 14.2 Å². The number of nitrogens with zero attached hydrogens (tertiary/aromatic N) is 1. The number of aliphatic hydroxyl groups is 1. The molecule has 6 rings (SSSR count). The van der Waals surface area contributed by atoms with Gasteiger partial charge in [0.15, 0.2) is 0 Å². The molecular weight excluding hydrogens is 394 g/mol. The van der Waals surface area contributed by atoms with Crippen molar-refractivity contribution in [3.63, 3.8) is 0 Å². The number of methoxy groups -OCH3 is 2. The summed E-state index contributed by atoms with van der Waals surface area (Å²) in [4.78, 5) is 14.8. The van der Waals surface area contributed by atoms with E-state index in [2.05, 4.69) is 18.7 Å². The Labute approximate surface area is 186 Å². The first-order valence-corrected chi connectivity index (χ1v) is 12.5. The molecule has 7 bridgehead atoms. The average molecular weight is 434 g/mol. The third-order valence-corrected chi connectivity index (χ3v) is 11.2. The van der Waals surface area contributed by atoms with E-state index in [0.717, 1.165) is 32.4 Å². The van der Waals surface area contributed by atoms with Crippen LogP contribution in [0.1, 0.15) is 52.9 Å². The van der Waals surface area contributed by atoms with Gasteiger partial charge in [0, 0.05) is 63.3 Å². The number of hydrogen-bond acceptors (Lipinski definition) is 6. The molecule has 1 N–H and O–H groups in total. The van der Waals surface area contributed by atoms with E-state index in [1.54, 1.807) is 7.11 Å². The lowest BCUT2D eigenvalue weighted by Crippen LogP contribution is -2.75. The number of carbonyl (C=O) groups excluding carboxylic acids is 1. The number of hydrogen-bond donors (Lipinski definition) is 1. The van der Waals surface area contributed by atoms with Crippen LogP contribution in [0.15, 0.2) is 0 Å². The summed E-state index contributed by atoms with van der Waals surface area (Å²) in [5, 5.41) is 12.5. The minimum Gasteiger partial charge on any atom is -0.462 e. The molecule has 6 heteroatoms. The summed E-state index contributed by atoms with van der Waals surface area (Å²) in [6, 6.07) is 0.347. The first-order valence-electron chi connectivity index (χ1n) is 12.5. The quantitative estimate of drug-likeness (QED) is 0.687. The van der Waals surface area contributed by atoms with Crippen LogP contribution in [0.4, 0.5) is 0 Å². The van der Waals surface area contributed by atoms with E-state index in [1.165, 1.54) is 13.3 Å². The number of esters is 1. The first kappa shape index (κ1) is 20.9. The van der Waals surface area contributed by atoms with E-state index in [1.807, 2.05) is 7.11 Å². The summed E-state index contributed by atoms with van der Waals surface area (Å²) >= 11 is 0. The zero-order chi connectivity index (χ0) is 21.9. The highest BCUT2D eigenvalue weighted by Crippen LogP contribution is 2.79. The maximum Gasteiger partial charge on any atom is 0.302 e. The van der Waals surface area contributed by atoms with Crippen LogP contribution < -0.4 is 0 Å². The molecule has 31 heavy (non-hydrogen) atoms. The number of fused-ring (bicyclic) bond motifs is 2. The van der Waals surface area contributed by atoms with E-state index >= 15 is 0 Å². The van der Waals surface area contributed by atoms with Crippen molar-refractivity contribution in [2.75, 3.05) is 27.3 Å². The van der Waals surface area contributed by atoms with Crippen LogP contribution in [0.2, 0.25) is 0 Å². The Morgan fingerprint density at radius 1 is 1.19 bits per heavy atom. The monoisotopic (exact) mass is 433 g/mol. The van der Waals surface area contributed by atoms with Crippen molar-refractivity contribution in [1.82, 2.24) is 4.90 Å². The number of rotatable bonds is 4. The van der Waals surface area contributed by atoms with Crippen LogP contribution in [0, 0.1) is 40.4 Å². The van der Waals surface area contributed by atoms with Crippen LogP contribution in [0.25, 0.3) is 0 Å². The van der Waals surface area contributed by atoms with Gasteiger partial charge in [-0.15, -0.1) is 0 Å². The summed E-state index contributed by atoms with van der Waals surface area (Å²) in [5.74, 6) is 0.979.